The molecule has 3 aromatic rings. The van der Waals surface area contributed by atoms with E-state index in [1.807, 2.05) is 31.2 Å². The first-order valence-corrected chi connectivity index (χ1v) is 11.0. The van der Waals surface area contributed by atoms with E-state index in [1.165, 1.54) is 4.31 Å². The Labute approximate surface area is 172 Å². The van der Waals surface area contributed by atoms with Crippen molar-refractivity contribution < 1.29 is 13.5 Å². The molecule has 4 rings (SSSR count). The van der Waals surface area contributed by atoms with Crippen LogP contribution in [-0.4, -0.2) is 13.5 Å². The number of aliphatic hydroxyl groups excluding tert-OH is 1. The van der Waals surface area contributed by atoms with Crippen molar-refractivity contribution in [3.63, 3.8) is 0 Å². The summed E-state index contributed by atoms with van der Waals surface area (Å²) >= 11 is 3.40. The number of para-hydroxylation sites is 1. The van der Waals surface area contributed by atoms with Crippen LogP contribution >= 0.6 is 15.9 Å². The largest absolute Gasteiger partial charge is 0.382 e. The molecule has 28 heavy (non-hydrogen) atoms. The number of anilines is 1. The standard InChI is InChI=1S/C22H18BrNO3S/c1-15-6-12-18(13-7-15)28(26,27)24-20-5-3-2-4-19(20)22(25)21(24)14-16-8-10-17(23)11-9-16/h2-14,22,25H,1H3/b21-14+. The Morgan fingerprint density at radius 1 is 0.964 bits per heavy atom. The number of fused-ring (bicyclic) bond motifs is 1. The van der Waals surface area contributed by atoms with Gasteiger partial charge in [-0.3, -0.25) is 0 Å². The van der Waals surface area contributed by atoms with Gasteiger partial charge in [-0.2, -0.15) is 0 Å². The molecule has 4 nitrogen and oxygen atoms in total. The first-order chi connectivity index (χ1) is 13.4. The fraction of sp³-hybridized carbons (Fsp3) is 0.0909. The van der Waals surface area contributed by atoms with E-state index in [0.29, 0.717) is 16.9 Å². The molecule has 1 N–H and O–H groups in total. The highest BCUT2D eigenvalue weighted by molar-refractivity contribution is 9.10. The zero-order valence-corrected chi connectivity index (χ0v) is 17.5. The number of benzene rings is 3. The van der Waals surface area contributed by atoms with E-state index < -0.39 is 16.1 Å². The maximum absolute atomic E-state index is 13.5. The van der Waals surface area contributed by atoms with Crippen LogP contribution in [0, 0.1) is 6.92 Å². The summed E-state index contributed by atoms with van der Waals surface area (Å²) in [5.74, 6) is 0. The van der Waals surface area contributed by atoms with Gasteiger partial charge in [0, 0.05) is 10.0 Å². The third kappa shape index (κ3) is 3.28. The number of sulfonamides is 1. The fourth-order valence-electron chi connectivity index (χ4n) is 3.26. The van der Waals surface area contributed by atoms with Crippen molar-refractivity contribution in [2.24, 2.45) is 0 Å². The molecule has 0 bridgehead atoms. The molecular formula is C22H18BrNO3S. The molecule has 1 unspecified atom stereocenters. The summed E-state index contributed by atoms with van der Waals surface area (Å²) in [6.45, 7) is 1.91. The van der Waals surface area contributed by atoms with Gasteiger partial charge in [0.05, 0.1) is 16.3 Å². The number of aliphatic hydroxyl groups is 1. The molecule has 0 saturated carbocycles. The van der Waals surface area contributed by atoms with Gasteiger partial charge in [0.1, 0.15) is 6.10 Å². The Balaban J connectivity index is 1.90. The summed E-state index contributed by atoms with van der Waals surface area (Å²) < 4.78 is 29.1. The van der Waals surface area contributed by atoms with Crippen LogP contribution in [0.25, 0.3) is 6.08 Å². The van der Waals surface area contributed by atoms with Crippen LogP contribution in [0.2, 0.25) is 0 Å². The van der Waals surface area contributed by atoms with Crippen LogP contribution in [0.3, 0.4) is 0 Å². The van der Waals surface area contributed by atoms with Gasteiger partial charge in [0.2, 0.25) is 0 Å². The molecule has 6 heteroatoms. The van der Waals surface area contributed by atoms with Crippen molar-refractivity contribution in [1.29, 1.82) is 0 Å². The second-order valence-corrected chi connectivity index (χ2v) is 9.37. The number of hydrogen-bond donors (Lipinski definition) is 1. The Kier molecular flexibility index (Phi) is 4.87. The number of nitrogens with zero attached hydrogens (tertiary/aromatic N) is 1. The van der Waals surface area contributed by atoms with Crippen LogP contribution in [0.4, 0.5) is 5.69 Å². The van der Waals surface area contributed by atoms with Gasteiger partial charge in [-0.25, -0.2) is 12.7 Å². The molecule has 0 fully saturated rings. The lowest BCUT2D eigenvalue weighted by Gasteiger charge is -2.22. The van der Waals surface area contributed by atoms with Crippen molar-refractivity contribution in [1.82, 2.24) is 0 Å². The van der Waals surface area contributed by atoms with E-state index in [2.05, 4.69) is 15.9 Å². The monoisotopic (exact) mass is 455 g/mol. The van der Waals surface area contributed by atoms with Crippen molar-refractivity contribution in [2.75, 3.05) is 4.31 Å². The van der Waals surface area contributed by atoms with Crippen LogP contribution in [-0.2, 0) is 10.0 Å². The molecule has 0 aliphatic carbocycles. The lowest BCUT2D eigenvalue weighted by Crippen LogP contribution is -2.28. The predicted octanol–water partition coefficient (Wildman–Crippen LogP) is 5.04. The van der Waals surface area contributed by atoms with E-state index >= 15 is 0 Å². The molecule has 0 amide bonds. The molecule has 0 radical (unpaired) electrons. The molecule has 1 aliphatic heterocycles. The minimum absolute atomic E-state index is 0.184. The number of hydrogen-bond acceptors (Lipinski definition) is 3. The highest BCUT2D eigenvalue weighted by atomic mass is 79.9. The number of rotatable bonds is 3. The summed E-state index contributed by atoms with van der Waals surface area (Å²) in [7, 11) is -3.88. The highest BCUT2D eigenvalue weighted by Crippen LogP contribution is 2.45. The van der Waals surface area contributed by atoms with Gasteiger partial charge in [-0.15, -0.1) is 0 Å². The lowest BCUT2D eigenvalue weighted by molar-refractivity contribution is 0.223. The third-order valence-electron chi connectivity index (χ3n) is 4.71. The predicted molar refractivity (Wildman–Crippen MR) is 114 cm³/mol. The molecular weight excluding hydrogens is 438 g/mol. The third-order valence-corrected chi connectivity index (χ3v) is 6.99. The van der Waals surface area contributed by atoms with Gasteiger partial charge in [0.15, 0.2) is 0 Å². The van der Waals surface area contributed by atoms with Crippen LogP contribution in [0.15, 0.2) is 87.9 Å². The van der Waals surface area contributed by atoms with Crippen molar-refractivity contribution in [2.45, 2.75) is 17.9 Å². The molecule has 0 spiro atoms. The first kappa shape index (κ1) is 18.9. The van der Waals surface area contributed by atoms with E-state index in [1.54, 1.807) is 54.6 Å². The molecule has 1 aliphatic rings. The minimum atomic E-state index is -3.88. The second-order valence-electron chi connectivity index (χ2n) is 6.66. The summed E-state index contributed by atoms with van der Waals surface area (Å²) in [6.07, 6.45) is 0.683. The van der Waals surface area contributed by atoms with Gasteiger partial charge < -0.3 is 5.11 Å². The van der Waals surface area contributed by atoms with Gasteiger partial charge in [0.25, 0.3) is 10.0 Å². The Hall–Kier alpha value is -2.41. The Bertz CT molecular complexity index is 1150. The van der Waals surface area contributed by atoms with Crippen LogP contribution in [0.1, 0.15) is 22.8 Å². The van der Waals surface area contributed by atoms with Crippen LogP contribution < -0.4 is 4.31 Å². The van der Waals surface area contributed by atoms with Gasteiger partial charge in [-0.05, 0) is 48.9 Å². The minimum Gasteiger partial charge on any atom is -0.382 e. The zero-order valence-electron chi connectivity index (χ0n) is 15.1. The smallest absolute Gasteiger partial charge is 0.268 e. The molecule has 1 atom stereocenters. The van der Waals surface area contributed by atoms with E-state index in [9.17, 15) is 13.5 Å². The quantitative estimate of drug-likeness (QED) is 0.601. The number of halogens is 1. The lowest BCUT2D eigenvalue weighted by atomic mass is 10.1. The Morgan fingerprint density at radius 2 is 1.61 bits per heavy atom. The SMILES string of the molecule is Cc1ccc(S(=O)(=O)N2/C(=C/c3ccc(Br)cc3)C(O)c3ccccc32)cc1. The van der Waals surface area contributed by atoms with Crippen molar-refractivity contribution >= 4 is 37.7 Å². The average Bonchev–Trinajstić information content (AvgIpc) is 2.97. The molecule has 0 aromatic heterocycles. The van der Waals surface area contributed by atoms with E-state index in [4.69, 9.17) is 0 Å². The Morgan fingerprint density at radius 3 is 2.29 bits per heavy atom. The first-order valence-electron chi connectivity index (χ1n) is 8.74. The van der Waals surface area contributed by atoms with E-state index in [0.717, 1.165) is 15.6 Å². The van der Waals surface area contributed by atoms with Crippen molar-refractivity contribution in [3.05, 3.63) is 99.7 Å². The maximum atomic E-state index is 13.5. The highest BCUT2D eigenvalue weighted by Gasteiger charge is 2.40. The van der Waals surface area contributed by atoms with Gasteiger partial charge >= 0.3 is 0 Å². The van der Waals surface area contributed by atoms with Gasteiger partial charge in [-0.1, -0.05) is 64.0 Å². The molecule has 142 valence electrons. The normalized spacial score (nSPS) is 17.8. The number of aryl methyl sites for hydroxylation is 1. The van der Waals surface area contributed by atoms with Crippen molar-refractivity contribution in [3.8, 4) is 0 Å². The second kappa shape index (κ2) is 7.20. The fourth-order valence-corrected chi connectivity index (χ4v) is 5.07. The maximum Gasteiger partial charge on any atom is 0.268 e. The molecule has 1 heterocycles. The summed E-state index contributed by atoms with van der Waals surface area (Å²) in [5.41, 5.74) is 3.13. The molecule has 0 saturated heterocycles. The zero-order chi connectivity index (χ0) is 19.9. The average molecular weight is 456 g/mol. The summed E-state index contributed by atoms with van der Waals surface area (Å²) in [5, 5.41) is 10.9. The topological polar surface area (TPSA) is 57.6 Å². The summed E-state index contributed by atoms with van der Waals surface area (Å²) in [6, 6.07) is 21.2. The summed E-state index contributed by atoms with van der Waals surface area (Å²) in [4.78, 5) is 0.184. The van der Waals surface area contributed by atoms with E-state index in [-0.39, 0.29) is 4.90 Å². The van der Waals surface area contributed by atoms with Crippen LogP contribution in [0.5, 0.6) is 0 Å². The molecule has 3 aromatic carbocycles.